The largest absolute Gasteiger partial charge is 0.477 e. The van der Waals surface area contributed by atoms with Gasteiger partial charge in [0.25, 0.3) is 5.91 Å². The molecule has 1 fully saturated rings. The molecule has 1 aromatic carbocycles. The van der Waals surface area contributed by atoms with Gasteiger partial charge in [0.1, 0.15) is 11.4 Å². The highest BCUT2D eigenvalue weighted by Crippen LogP contribution is 2.32. The molecule has 1 aliphatic heterocycles. The number of carbonyl (C=O) groups is 3. The zero-order valence-corrected chi connectivity index (χ0v) is 12.0. The third kappa shape index (κ3) is 2.15. The first-order valence-electron chi connectivity index (χ1n) is 6.28. The van der Waals surface area contributed by atoms with Crippen molar-refractivity contribution >= 4 is 39.3 Å². The van der Waals surface area contributed by atoms with E-state index >= 15 is 0 Å². The molecule has 0 saturated carbocycles. The summed E-state index contributed by atoms with van der Waals surface area (Å²) in [5.74, 6) is -1.35. The van der Waals surface area contributed by atoms with Crippen molar-refractivity contribution in [2.45, 2.75) is 6.54 Å². The summed E-state index contributed by atoms with van der Waals surface area (Å²) in [6.07, 6.45) is 0. The van der Waals surface area contributed by atoms with Crippen LogP contribution >= 0.6 is 11.3 Å². The maximum atomic E-state index is 11.9. The number of aromatic carboxylic acids is 1. The molecular formula is C14H12N2O4S. The number of carboxylic acid groups (broad SMARTS) is 1. The summed E-state index contributed by atoms with van der Waals surface area (Å²) in [4.78, 5) is 37.8. The Morgan fingerprint density at radius 3 is 2.67 bits per heavy atom. The number of rotatable bonds is 3. The number of carbonyl (C=O) groups excluding carboxylic acids is 2. The molecule has 3 amide bonds. The monoisotopic (exact) mass is 304 g/mol. The van der Waals surface area contributed by atoms with Gasteiger partial charge in [0.15, 0.2) is 0 Å². The fourth-order valence-corrected chi connectivity index (χ4v) is 3.46. The molecule has 108 valence electrons. The fourth-order valence-electron chi connectivity index (χ4n) is 2.41. The maximum Gasteiger partial charge on any atom is 0.346 e. The van der Waals surface area contributed by atoms with Crippen molar-refractivity contribution in [2.75, 3.05) is 13.6 Å². The van der Waals surface area contributed by atoms with Gasteiger partial charge in [-0.25, -0.2) is 9.59 Å². The number of thiophene rings is 1. The second-order valence-electron chi connectivity index (χ2n) is 4.83. The average Bonchev–Trinajstić information content (AvgIpc) is 2.93. The van der Waals surface area contributed by atoms with E-state index in [4.69, 9.17) is 0 Å². The molecule has 1 saturated heterocycles. The van der Waals surface area contributed by atoms with E-state index in [1.165, 1.54) is 4.90 Å². The molecule has 21 heavy (non-hydrogen) atoms. The third-order valence-corrected chi connectivity index (χ3v) is 4.64. The Labute approximate surface area is 124 Å². The maximum absolute atomic E-state index is 11.9. The van der Waals surface area contributed by atoms with Gasteiger partial charge in [-0.2, -0.15) is 0 Å². The third-order valence-electron chi connectivity index (χ3n) is 3.44. The number of fused-ring (bicyclic) bond motifs is 1. The van der Waals surface area contributed by atoms with Crippen LogP contribution in [-0.4, -0.2) is 46.4 Å². The number of urea groups is 1. The first kappa shape index (κ1) is 13.6. The second kappa shape index (κ2) is 4.85. The van der Waals surface area contributed by atoms with E-state index < -0.39 is 12.0 Å². The summed E-state index contributed by atoms with van der Waals surface area (Å²) in [5, 5.41) is 10.1. The number of hydrogen-bond donors (Lipinski definition) is 1. The van der Waals surface area contributed by atoms with Gasteiger partial charge in [-0.3, -0.25) is 9.69 Å². The van der Waals surface area contributed by atoms with Crippen molar-refractivity contribution in [1.29, 1.82) is 0 Å². The Kier molecular flexibility index (Phi) is 3.13. The predicted octanol–water partition coefficient (Wildman–Crippen LogP) is 1.99. The molecule has 0 spiro atoms. The van der Waals surface area contributed by atoms with Crippen LogP contribution in [0.3, 0.4) is 0 Å². The number of carboxylic acids is 1. The van der Waals surface area contributed by atoms with E-state index in [9.17, 15) is 19.5 Å². The van der Waals surface area contributed by atoms with Crippen molar-refractivity contribution in [2.24, 2.45) is 0 Å². The van der Waals surface area contributed by atoms with E-state index in [2.05, 4.69) is 0 Å². The fraction of sp³-hybridized carbons (Fsp3) is 0.214. The van der Waals surface area contributed by atoms with Crippen molar-refractivity contribution in [3.63, 3.8) is 0 Å². The number of imide groups is 1. The molecule has 0 radical (unpaired) electrons. The van der Waals surface area contributed by atoms with Crippen molar-refractivity contribution < 1.29 is 19.5 Å². The molecule has 3 rings (SSSR count). The van der Waals surface area contributed by atoms with Gasteiger partial charge < -0.3 is 10.0 Å². The standard InChI is InChI=1S/C14H12N2O4S/c1-15-7-11(17)16(14(15)20)6-9-8-4-2-3-5-10(8)21-12(9)13(18)19/h2-5H,6-7H2,1H3,(H,18,19). The summed E-state index contributed by atoms with van der Waals surface area (Å²) in [5.41, 5.74) is 0.514. The molecule has 7 heteroatoms. The van der Waals surface area contributed by atoms with Gasteiger partial charge >= 0.3 is 12.0 Å². The van der Waals surface area contributed by atoms with Gasteiger partial charge in [-0.1, -0.05) is 18.2 Å². The first-order chi connectivity index (χ1) is 9.99. The Morgan fingerprint density at radius 2 is 2.05 bits per heavy atom. The van der Waals surface area contributed by atoms with Gasteiger partial charge in [0.2, 0.25) is 0 Å². The normalized spacial score (nSPS) is 15.3. The number of hydrogen-bond acceptors (Lipinski definition) is 4. The molecule has 2 aromatic rings. The molecular weight excluding hydrogens is 292 g/mol. The van der Waals surface area contributed by atoms with E-state index in [-0.39, 0.29) is 23.9 Å². The minimum atomic E-state index is -1.04. The molecule has 1 aliphatic rings. The molecule has 1 aromatic heterocycles. The van der Waals surface area contributed by atoms with Crippen molar-refractivity contribution in [3.8, 4) is 0 Å². The summed E-state index contributed by atoms with van der Waals surface area (Å²) in [6.45, 7) is 0.0248. The Balaban J connectivity index is 2.07. The predicted molar refractivity (Wildman–Crippen MR) is 77.4 cm³/mol. The van der Waals surface area contributed by atoms with Crippen LogP contribution in [0.1, 0.15) is 15.2 Å². The van der Waals surface area contributed by atoms with E-state index in [1.807, 2.05) is 24.3 Å². The Bertz CT molecular complexity index is 767. The van der Waals surface area contributed by atoms with Crippen molar-refractivity contribution in [3.05, 3.63) is 34.7 Å². The van der Waals surface area contributed by atoms with Crippen LogP contribution in [0.2, 0.25) is 0 Å². The second-order valence-corrected chi connectivity index (χ2v) is 5.88. The van der Waals surface area contributed by atoms with Crippen LogP contribution in [0.4, 0.5) is 4.79 Å². The lowest BCUT2D eigenvalue weighted by molar-refractivity contribution is -0.125. The van der Waals surface area contributed by atoms with Gasteiger partial charge in [-0.15, -0.1) is 11.3 Å². The van der Waals surface area contributed by atoms with Gasteiger partial charge in [0, 0.05) is 17.3 Å². The van der Waals surface area contributed by atoms with E-state index in [0.29, 0.717) is 5.56 Å². The first-order valence-corrected chi connectivity index (χ1v) is 7.10. The smallest absolute Gasteiger partial charge is 0.346 e. The van der Waals surface area contributed by atoms with Crippen molar-refractivity contribution in [1.82, 2.24) is 9.80 Å². The minimum Gasteiger partial charge on any atom is -0.477 e. The number of benzene rings is 1. The Hall–Kier alpha value is -2.41. The molecule has 0 bridgehead atoms. The lowest BCUT2D eigenvalue weighted by Crippen LogP contribution is -2.31. The lowest BCUT2D eigenvalue weighted by Gasteiger charge is -2.14. The van der Waals surface area contributed by atoms with Crippen LogP contribution in [-0.2, 0) is 11.3 Å². The zero-order valence-electron chi connectivity index (χ0n) is 11.2. The van der Waals surface area contributed by atoms with Gasteiger partial charge in [-0.05, 0) is 11.5 Å². The van der Waals surface area contributed by atoms with Crippen LogP contribution in [0.25, 0.3) is 10.1 Å². The van der Waals surface area contributed by atoms with Crippen LogP contribution in [0.5, 0.6) is 0 Å². The SMILES string of the molecule is CN1CC(=O)N(Cc2c(C(=O)O)sc3ccccc23)C1=O. The molecule has 0 atom stereocenters. The summed E-state index contributed by atoms with van der Waals surface area (Å²) < 4.78 is 0.831. The van der Waals surface area contributed by atoms with Crippen LogP contribution < -0.4 is 0 Å². The van der Waals surface area contributed by atoms with E-state index in [0.717, 1.165) is 26.3 Å². The molecule has 0 aliphatic carbocycles. The summed E-state index contributed by atoms with van der Waals surface area (Å²) in [6, 6.07) is 6.88. The topological polar surface area (TPSA) is 77.9 Å². The summed E-state index contributed by atoms with van der Waals surface area (Å²) in [7, 11) is 1.55. The molecule has 6 nitrogen and oxygen atoms in total. The Morgan fingerprint density at radius 1 is 1.33 bits per heavy atom. The quantitative estimate of drug-likeness (QED) is 0.880. The number of nitrogens with zero attached hydrogens (tertiary/aromatic N) is 2. The number of amides is 3. The lowest BCUT2D eigenvalue weighted by atomic mass is 10.1. The van der Waals surface area contributed by atoms with Crippen LogP contribution in [0, 0.1) is 0 Å². The highest BCUT2D eigenvalue weighted by molar-refractivity contribution is 7.21. The molecule has 0 unspecified atom stereocenters. The van der Waals surface area contributed by atoms with Crippen LogP contribution in [0.15, 0.2) is 24.3 Å². The molecule has 1 N–H and O–H groups in total. The van der Waals surface area contributed by atoms with Gasteiger partial charge in [0.05, 0.1) is 6.54 Å². The summed E-state index contributed by atoms with van der Waals surface area (Å²) >= 11 is 1.16. The minimum absolute atomic E-state index is 0.00630. The highest BCUT2D eigenvalue weighted by atomic mass is 32.1. The zero-order chi connectivity index (χ0) is 15.1. The average molecular weight is 304 g/mol. The highest BCUT2D eigenvalue weighted by Gasteiger charge is 2.35. The van der Waals surface area contributed by atoms with E-state index in [1.54, 1.807) is 7.05 Å². The number of likely N-dealkylation sites (N-methyl/N-ethyl adjacent to an activating group) is 1. The molecule has 2 heterocycles.